The third-order valence-electron chi connectivity index (χ3n) is 3.37. The molecule has 1 saturated carbocycles. The lowest BCUT2D eigenvalue weighted by Gasteiger charge is -2.33. The molecule has 1 unspecified atom stereocenters. The molecule has 0 aliphatic heterocycles. The van der Waals surface area contributed by atoms with Gasteiger partial charge in [-0.1, -0.05) is 24.6 Å². The van der Waals surface area contributed by atoms with Gasteiger partial charge in [0.05, 0.1) is 0 Å². The van der Waals surface area contributed by atoms with Gasteiger partial charge in [0.15, 0.2) is 0 Å². The van der Waals surface area contributed by atoms with Crippen LogP contribution in [0.15, 0.2) is 24.3 Å². The van der Waals surface area contributed by atoms with Gasteiger partial charge in [-0.25, -0.2) is 4.39 Å². The van der Waals surface area contributed by atoms with E-state index < -0.39 is 0 Å². The van der Waals surface area contributed by atoms with Gasteiger partial charge in [0.1, 0.15) is 12.1 Å². The van der Waals surface area contributed by atoms with Crippen molar-refractivity contribution in [1.29, 1.82) is 0 Å². The summed E-state index contributed by atoms with van der Waals surface area (Å²) >= 11 is 0. The summed E-state index contributed by atoms with van der Waals surface area (Å²) < 4.78 is 13.6. The summed E-state index contributed by atoms with van der Waals surface area (Å²) in [5.41, 5.74) is 0.717. The van der Waals surface area contributed by atoms with E-state index in [0.717, 1.165) is 19.1 Å². The number of carbonyl (C=O) groups is 1. The van der Waals surface area contributed by atoms with Gasteiger partial charge in [0.25, 0.3) is 0 Å². The molecule has 0 heterocycles. The van der Waals surface area contributed by atoms with Gasteiger partial charge in [0.2, 0.25) is 0 Å². The van der Waals surface area contributed by atoms with Crippen LogP contribution in [0.3, 0.4) is 0 Å². The molecule has 2 heteroatoms. The van der Waals surface area contributed by atoms with Crippen molar-refractivity contribution in [1.82, 2.24) is 0 Å². The second-order valence-electron chi connectivity index (χ2n) is 4.22. The zero-order chi connectivity index (χ0) is 10.7. The first kappa shape index (κ1) is 10.3. The first-order valence-electron chi connectivity index (χ1n) is 5.51. The lowest BCUT2D eigenvalue weighted by Crippen LogP contribution is -2.21. The number of aldehydes is 1. The number of benzene rings is 1. The summed E-state index contributed by atoms with van der Waals surface area (Å²) in [4.78, 5) is 10.6. The lowest BCUT2D eigenvalue weighted by atomic mass is 9.72. The van der Waals surface area contributed by atoms with Crippen LogP contribution in [0.25, 0.3) is 0 Å². The maximum Gasteiger partial charge on any atom is 0.126 e. The number of rotatable bonds is 4. The highest BCUT2D eigenvalue weighted by Gasteiger charge is 2.29. The SMILES string of the molecule is O=CCC(c1ccccc1F)C1CCC1. The quantitative estimate of drug-likeness (QED) is 0.691. The Morgan fingerprint density at radius 1 is 1.40 bits per heavy atom. The molecule has 1 aromatic rings. The molecule has 1 aliphatic carbocycles. The zero-order valence-corrected chi connectivity index (χ0v) is 8.66. The van der Waals surface area contributed by atoms with Gasteiger partial charge < -0.3 is 4.79 Å². The van der Waals surface area contributed by atoms with Crippen LogP contribution in [0.1, 0.15) is 37.2 Å². The molecule has 0 saturated heterocycles. The highest BCUT2D eigenvalue weighted by atomic mass is 19.1. The van der Waals surface area contributed by atoms with E-state index in [-0.39, 0.29) is 11.7 Å². The van der Waals surface area contributed by atoms with E-state index in [2.05, 4.69) is 0 Å². The summed E-state index contributed by atoms with van der Waals surface area (Å²) in [6.07, 6.45) is 4.84. The fraction of sp³-hybridized carbons (Fsp3) is 0.462. The first-order chi connectivity index (χ1) is 7.33. The minimum absolute atomic E-state index is 0.0949. The van der Waals surface area contributed by atoms with E-state index in [1.807, 2.05) is 12.1 Å². The van der Waals surface area contributed by atoms with Crippen molar-refractivity contribution in [3.63, 3.8) is 0 Å². The molecule has 80 valence electrons. The summed E-state index contributed by atoms with van der Waals surface area (Å²) in [5, 5.41) is 0. The van der Waals surface area contributed by atoms with Crippen molar-refractivity contribution in [3.05, 3.63) is 35.6 Å². The van der Waals surface area contributed by atoms with E-state index in [0.29, 0.717) is 17.9 Å². The monoisotopic (exact) mass is 206 g/mol. The van der Waals surface area contributed by atoms with Crippen LogP contribution in [-0.2, 0) is 4.79 Å². The van der Waals surface area contributed by atoms with Gasteiger partial charge in [-0.15, -0.1) is 0 Å². The highest BCUT2D eigenvalue weighted by molar-refractivity contribution is 5.52. The smallest absolute Gasteiger partial charge is 0.126 e. The predicted molar refractivity (Wildman–Crippen MR) is 57.2 cm³/mol. The minimum atomic E-state index is -0.170. The molecule has 1 aliphatic rings. The standard InChI is InChI=1S/C13H15FO/c14-13-7-2-1-6-12(13)11(8-9-15)10-4-3-5-10/h1-2,6-7,9-11H,3-5,8H2. The molecule has 0 spiro atoms. The first-order valence-corrected chi connectivity index (χ1v) is 5.51. The fourth-order valence-corrected chi connectivity index (χ4v) is 2.30. The molecule has 1 fully saturated rings. The fourth-order valence-electron chi connectivity index (χ4n) is 2.30. The Balaban J connectivity index is 2.23. The second-order valence-corrected chi connectivity index (χ2v) is 4.22. The van der Waals surface area contributed by atoms with Crippen LogP contribution < -0.4 is 0 Å². The Bertz CT molecular complexity index is 344. The minimum Gasteiger partial charge on any atom is -0.303 e. The summed E-state index contributed by atoms with van der Waals surface area (Å²) in [7, 11) is 0. The molecule has 1 nitrogen and oxygen atoms in total. The number of hydrogen-bond donors (Lipinski definition) is 0. The number of hydrogen-bond acceptors (Lipinski definition) is 1. The van der Waals surface area contributed by atoms with Crippen molar-refractivity contribution >= 4 is 6.29 Å². The van der Waals surface area contributed by atoms with Gasteiger partial charge in [-0.3, -0.25) is 0 Å². The molecule has 0 amide bonds. The van der Waals surface area contributed by atoms with Crippen LogP contribution in [-0.4, -0.2) is 6.29 Å². The molecule has 15 heavy (non-hydrogen) atoms. The maximum absolute atomic E-state index is 13.6. The largest absolute Gasteiger partial charge is 0.303 e. The third kappa shape index (κ3) is 2.09. The van der Waals surface area contributed by atoms with E-state index in [4.69, 9.17) is 0 Å². The van der Waals surface area contributed by atoms with Crippen LogP contribution in [0.4, 0.5) is 4.39 Å². The molecule has 0 aromatic heterocycles. The van der Waals surface area contributed by atoms with Gasteiger partial charge >= 0.3 is 0 Å². The summed E-state index contributed by atoms with van der Waals surface area (Å²) in [6.45, 7) is 0. The Hall–Kier alpha value is -1.18. The van der Waals surface area contributed by atoms with E-state index in [1.165, 1.54) is 12.5 Å². The van der Waals surface area contributed by atoms with Gasteiger partial charge in [-0.05, 0) is 36.3 Å². The molecule has 0 bridgehead atoms. The van der Waals surface area contributed by atoms with Crippen molar-refractivity contribution in [2.24, 2.45) is 5.92 Å². The molecule has 1 aromatic carbocycles. The van der Waals surface area contributed by atoms with Crippen molar-refractivity contribution in [3.8, 4) is 0 Å². The predicted octanol–water partition coefficient (Wildman–Crippen LogP) is 3.30. The maximum atomic E-state index is 13.6. The van der Waals surface area contributed by atoms with E-state index in [9.17, 15) is 9.18 Å². The summed E-state index contributed by atoms with van der Waals surface area (Å²) in [6, 6.07) is 6.82. The Kier molecular flexibility index (Phi) is 3.14. The van der Waals surface area contributed by atoms with Crippen LogP contribution in [0.2, 0.25) is 0 Å². The van der Waals surface area contributed by atoms with E-state index in [1.54, 1.807) is 6.07 Å². The normalized spacial score (nSPS) is 18.2. The van der Waals surface area contributed by atoms with Crippen LogP contribution in [0.5, 0.6) is 0 Å². The van der Waals surface area contributed by atoms with Gasteiger partial charge in [0, 0.05) is 6.42 Å². The third-order valence-corrected chi connectivity index (χ3v) is 3.37. The second kappa shape index (κ2) is 4.56. The average molecular weight is 206 g/mol. The average Bonchev–Trinajstić information content (AvgIpc) is 2.15. The van der Waals surface area contributed by atoms with Crippen molar-refractivity contribution < 1.29 is 9.18 Å². The molecular formula is C13H15FO. The lowest BCUT2D eigenvalue weighted by molar-refractivity contribution is -0.108. The van der Waals surface area contributed by atoms with Crippen molar-refractivity contribution in [2.75, 3.05) is 0 Å². The molecule has 2 rings (SSSR count). The van der Waals surface area contributed by atoms with Crippen LogP contribution in [0, 0.1) is 11.7 Å². The molecule has 1 atom stereocenters. The zero-order valence-electron chi connectivity index (χ0n) is 8.66. The topological polar surface area (TPSA) is 17.1 Å². The van der Waals surface area contributed by atoms with Crippen molar-refractivity contribution in [2.45, 2.75) is 31.6 Å². The van der Waals surface area contributed by atoms with E-state index >= 15 is 0 Å². The Morgan fingerprint density at radius 2 is 2.13 bits per heavy atom. The highest BCUT2D eigenvalue weighted by Crippen LogP contribution is 2.41. The number of halogens is 1. The molecular weight excluding hydrogens is 191 g/mol. The number of carbonyl (C=O) groups excluding carboxylic acids is 1. The Labute approximate surface area is 89.3 Å². The Morgan fingerprint density at radius 3 is 2.67 bits per heavy atom. The molecule has 0 radical (unpaired) electrons. The van der Waals surface area contributed by atoms with Gasteiger partial charge in [-0.2, -0.15) is 0 Å². The molecule has 0 N–H and O–H groups in total. The van der Waals surface area contributed by atoms with Crippen LogP contribution >= 0.6 is 0 Å². The summed E-state index contributed by atoms with van der Waals surface area (Å²) in [5.74, 6) is 0.431.